The first-order chi connectivity index (χ1) is 13.9. The van der Waals surface area contributed by atoms with E-state index in [0.717, 1.165) is 25.3 Å². The average molecular weight is 413 g/mol. The molecule has 0 unspecified atom stereocenters. The Labute approximate surface area is 169 Å². The molecule has 4 aromatic rings. The largest absolute Gasteiger partial charge is 0.493 e. The third-order valence-electron chi connectivity index (χ3n) is 4.71. The fourth-order valence-corrected chi connectivity index (χ4v) is 4.11. The molecular weight excluding hydrogens is 394 g/mol. The van der Waals surface area contributed by atoms with Gasteiger partial charge in [-0.1, -0.05) is 0 Å². The number of aryl methyl sites for hydroxylation is 2. The van der Waals surface area contributed by atoms with Crippen molar-refractivity contribution >= 4 is 38.8 Å². The van der Waals surface area contributed by atoms with Crippen molar-refractivity contribution in [2.24, 2.45) is 0 Å². The minimum atomic E-state index is -0.417. The molecule has 0 atom stereocenters. The fourth-order valence-electron chi connectivity index (χ4n) is 3.12. The summed E-state index contributed by atoms with van der Waals surface area (Å²) >= 11 is 1.55. The van der Waals surface area contributed by atoms with Crippen LogP contribution < -0.4 is 20.5 Å². The van der Waals surface area contributed by atoms with Crippen molar-refractivity contribution in [2.75, 3.05) is 19.5 Å². The molecule has 4 rings (SSSR count). The lowest BCUT2D eigenvalue weighted by Gasteiger charge is -2.10. The van der Waals surface area contributed by atoms with E-state index in [-0.39, 0.29) is 12.5 Å². The Morgan fingerprint density at radius 3 is 2.69 bits per heavy atom. The van der Waals surface area contributed by atoms with E-state index >= 15 is 0 Å². The van der Waals surface area contributed by atoms with Crippen LogP contribution in [-0.2, 0) is 11.3 Å². The van der Waals surface area contributed by atoms with Crippen molar-refractivity contribution in [1.82, 2.24) is 19.2 Å². The number of methoxy groups -OCH3 is 2. The normalized spacial score (nSPS) is 11.2. The molecular formula is C19H19N5O4S. The summed E-state index contributed by atoms with van der Waals surface area (Å²) in [6, 6.07) is 5.03. The van der Waals surface area contributed by atoms with Crippen LogP contribution in [0.4, 0.5) is 5.69 Å². The number of thiophene rings is 1. The van der Waals surface area contributed by atoms with Gasteiger partial charge >= 0.3 is 5.69 Å². The van der Waals surface area contributed by atoms with Gasteiger partial charge < -0.3 is 14.8 Å². The molecule has 1 aromatic carbocycles. The van der Waals surface area contributed by atoms with Gasteiger partial charge in [0.1, 0.15) is 17.7 Å². The molecule has 0 saturated carbocycles. The van der Waals surface area contributed by atoms with Gasteiger partial charge in [0, 0.05) is 16.6 Å². The quantitative estimate of drug-likeness (QED) is 0.539. The van der Waals surface area contributed by atoms with E-state index in [0.29, 0.717) is 22.8 Å². The van der Waals surface area contributed by atoms with Crippen LogP contribution in [0.25, 0.3) is 15.9 Å². The van der Waals surface area contributed by atoms with Crippen molar-refractivity contribution in [2.45, 2.75) is 20.4 Å². The highest BCUT2D eigenvalue weighted by molar-refractivity contribution is 7.18. The second-order valence-electron chi connectivity index (χ2n) is 6.46. The molecule has 0 aliphatic heterocycles. The van der Waals surface area contributed by atoms with E-state index < -0.39 is 5.69 Å². The molecule has 1 amide bonds. The molecule has 29 heavy (non-hydrogen) atoms. The summed E-state index contributed by atoms with van der Waals surface area (Å²) < 4.78 is 12.9. The number of nitrogens with one attached hydrogen (secondary N) is 1. The summed E-state index contributed by atoms with van der Waals surface area (Å²) in [6.07, 6.45) is 1.45. The highest BCUT2D eigenvalue weighted by atomic mass is 32.1. The molecule has 0 spiro atoms. The van der Waals surface area contributed by atoms with E-state index in [1.165, 1.54) is 24.9 Å². The van der Waals surface area contributed by atoms with Gasteiger partial charge in [-0.3, -0.25) is 4.79 Å². The highest BCUT2D eigenvalue weighted by Crippen LogP contribution is 2.31. The maximum absolute atomic E-state index is 12.7. The van der Waals surface area contributed by atoms with Crippen LogP contribution in [0.2, 0.25) is 0 Å². The van der Waals surface area contributed by atoms with Gasteiger partial charge in [-0.25, -0.2) is 18.9 Å². The summed E-state index contributed by atoms with van der Waals surface area (Å²) in [5.74, 6) is 0.664. The zero-order valence-corrected chi connectivity index (χ0v) is 17.2. The van der Waals surface area contributed by atoms with E-state index in [4.69, 9.17) is 9.47 Å². The molecule has 1 N–H and O–H groups in total. The van der Waals surface area contributed by atoms with Crippen molar-refractivity contribution in [3.63, 3.8) is 0 Å². The van der Waals surface area contributed by atoms with Gasteiger partial charge in [0.25, 0.3) is 0 Å². The van der Waals surface area contributed by atoms with Gasteiger partial charge in [-0.15, -0.1) is 16.4 Å². The van der Waals surface area contributed by atoms with Crippen molar-refractivity contribution < 1.29 is 14.3 Å². The highest BCUT2D eigenvalue weighted by Gasteiger charge is 2.17. The predicted octanol–water partition coefficient (Wildman–Crippen LogP) is 2.38. The van der Waals surface area contributed by atoms with Crippen LogP contribution in [-0.4, -0.2) is 39.3 Å². The Hall–Kier alpha value is -3.40. The first-order valence-corrected chi connectivity index (χ1v) is 9.60. The van der Waals surface area contributed by atoms with Crippen molar-refractivity contribution in [3.8, 4) is 11.5 Å². The number of amides is 1. The molecule has 0 aliphatic rings. The van der Waals surface area contributed by atoms with Crippen molar-refractivity contribution in [3.05, 3.63) is 45.5 Å². The summed E-state index contributed by atoms with van der Waals surface area (Å²) in [4.78, 5) is 31.5. The maximum atomic E-state index is 12.7. The lowest BCUT2D eigenvalue weighted by molar-refractivity contribution is -0.117. The number of ether oxygens (including phenoxy) is 2. The second-order valence-corrected chi connectivity index (χ2v) is 7.66. The number of hydrogen-bond acceptors (Lipinski definition) is 7. The summed E-state index contributed by atoms with van der Waals surface area (Å²) in [7, 11) is 3.05. The van der Waals surface area contributed by atoms with Crippen molar-refractivity contribution in [1.29, 1.82) is 0 Å². The minimum Gasteiger partial charge on any atom is -0.493 e. The van der Waals surface area contributed by atoms with Crippen LogP contribution in [0, 0.1) is 13.8 Å². The van der Waals surface area contributed by atoms with Crippen LogP contribution in [0.1, 0.15) is 10.4 Å². The Kier molecular flexibility index (Phi) is 4.71. The molecule has 150 valence electrons. The first-order valence-electron chi connectivity index (χ1n) is 8.78. The van der Waals surface area contributed by atoms with Crippen LogP contribution in [0.15, 0.2) is 29.3 Å². The van der Waals surface area contributed by atoms with Gasteiger partial charge in [-0.2, -0.15) is 0 Å². The predicted molar refractivity (Wildman–Crippen MR) is 110 cm³/mol. The summed E-state index contributed by atoms with van der Waals surface area (Å²) in [5.41, 5.74) is 1.65. The van der Waals surface area contributed by atoms with Gasteiger partial charge in [-0.05, 0) is 31.5 Å². The third-order valence-corrected chi connectivity index (χ3v) is 5.83. The SMILES string of the molecule is COc1ccc(NC(=O)Cn2nc3c4c(C)c(C)sc4ncn3c2=O)cc1OC. The maximum Gasteiger partial charge on any atom is 0.352 e. The zero-order valence-electron chi connectivity index (χ0n) is 16.3. The Balaban J connectivity index is 1.64. The first kappa shape index (κ1) is 18.9. The average Bonchev–Trinajstić information content (AvgIpc) is 3.17. The molecule has 9 nitrogen and oxygen atoms in total. The van der Waals surface area contributed by atoms with Gasteiger partial charge in [0.2, 0.25) is 5.91 Å². The number of rotatable bonds is 5. The van der Waals surface area contributed by atoms with Crippen LogP contribution in [0.3, 0.4) is 0 Å². The molecule has 10 heteroatoms. The Bertz CT molecular complexity index is 1300. The molecule has 0 bridgehead atoms. The molecule has 0 radical (unpaired) electrons. The Morgan fingerprint density at radius 1 is 1.21 bits per heavy atom. The van der Waals surface area contributed by atoms with E-state index in [2.05, 4.69) is 15.4 Å². The number of hydrogen-bond donors (Lipinski definition) is 1. The number of anilines is 1. The third kappa shape index (κ3) is 3.21. The molecule has 3 heterocycles. The lowest BCUT2D eigenvalue weighted by Crippen LogP contribution is -2.28. The summed E-state index contributed by atoms with van der Waals surface area (Å²) in [6.45, 7) is 3.76. The number of fused-ring (bicyclic) bond motifs is 3. The van der Waals surface area contributed by atoms with E-state index in [9.17, 15) is 9.59 Å². The van der Waals surface area contributed by atoms with Gasteiger partial charge in [0.15, 0.2) is 17.1 Å². The number of carbonyl (C=O) groups excluding carboxylic acids is 1. The molecule has 0 fully saturated rings. The second kappa shape index (κ2) is 7.21. The lowest BCUT2D eigenvalue weighted by atomic mass is 10.2. The standard InChI is InChI=1S/C19H19N5O4S/c1-10-11(2)29-18-16(10)17-22-24(19(26)23(17)9-20-18)8-15(25)21-12-5-6-13(27-3)14(7-12)28-4/h5-7,9H,8H2,1-4H3,(H,21,25). The monoisotopic (exact) mass is 413 g/mol. The Morgan fingerprint density at radius 2 is 1.97 bits per heavy atom. The topological polar surface area (TPSA) is 99.7 Å². The number of benzene rings is 1. The minimum absolute atomic E-state index is 0.224. The number of aromatic nitrogens is 4. The summed E-state index contributed by atoms with van der Waals surface area (Å²) in [5, 5.41) is 7.97. The van der Waals surface area contributed by atoms with E-state index in [1.807, 2.05) is 13.8 Å². The van der Waals surface area contributed by atoms with Crippen LogP contribution >= 0.6 is 11.3 Å². The van der Waals surface area contributed by atoms with E-state index in [1.54, 1.807) is 29.5 Å². The molecule has 3 aromatic heterocycles. The number of nitrogens with zero attached hydrogens (tertiary/aromatic N) is 4. The fraction of sp³-hybridized carbons (Fsp3) is 0.263. The molecule has 0 aliphatic carbocycles. The zero-order chi connectivity index (χ0) is 20.7. The van der Waals surface area contributed by atoms with Crippen LogP contribution in [0.5, 0.6) is 11.5 Å². The van der Waals surface area contributed by atoms with Gasteiger partial charge in [0.05, 0.1) is 19.6 Å². The molecule has 0 saturated heterocycles. The number of carbonyl (C=O) groups is 1. The smallest absolute Gasteiger partial charge is 0.352 e.